The molecule has 3 N–H and O–H groups in total. The summed E-state index contributed by atoms with van der Waals surface area (Å²) in [4.78, 5) is 25.2. The summed E-state index contributed by atoms with van der Waals surface area (Å²) < 4.78 is 7.08. The van der Waals surface area contributed by atoms with E-state index < -0.39 is 11.9 Å². The SMILES string of the molecule is COC(=O)c1ccc(N)cc1-c1ccc2c(CC(=O)O)cn(CC3CSc4ccc(Cl)cc43)c2c1. The number of carbonyl (C=O) groups is 2. The molecule has 0 amide bonds. The lowest BCUT2D eigenvalue weighted by molar-refractivity contribution is -0.136. The summed E-state index contributed by atoms with van der Waals surface area (Å²) in [5, 5.41) is 11.1. The van der Waals surface area contributed by atoms with Crippen LogP contribution in [0, 0.1) is 0 Å². The van der Waals surface area contributed by atoms with E-state index in [1.165, 1.54) is 17.6 Å². The van der Waals surface area contributed by atoms with Crippen molar-refractivity contribution in [1.29, 1.82) is 0 Å². The van der Waals surface area contributed by atoms with Crippen molar-refractivity contribution in [2.24, 2.45) is 0 Å². The zero-order chi connectivity index (χ0) is 24.7. The number of aromatic nitrogens is 1. The molecule has 4 aromatic rings. The number of anilines is 1. The second kappa shape index (κ2) is 9.32. The van der Waals surface area contributed by atoms with E-state index in [0.717, 1.165) is 27.8 Å². The normalized spacial score (nSPS) is 14.7. The van der Waals surface area contributed by atoms with Gasteiger partial charge in [0.05, 0.1) is 19.1 Å². The minimum atomic E-state index is -0.884. The molecule has 35 heavy (non-hydrogen) atoms. The fourth-order valence-corrected chi connectivity index (χ4v) is 6.12. The number of ether oxygens (including phenoxy) is 1. The summed E-state index contributed by atoms with van der Waals surface area (Å²) in [6.45, 7) is 0.681. The number of rotatable bonds is 6. The van der Waals surface area contributed by atoms with Crippen LogP contribution in [0.1, 0.15) is 27.4 Å². The predicted octanol–water partition coefficient (Wildman–Crippen LogP) is 5.85. The first-order chi connectivity index (χ1) is 16.8. The van der Waals surface area contributed by atoms with Crippen LogP contribution >= 0.6 is 23.4 Å². The molecule has 1 aliphatic rings. The smallest absolute Gasteiger partial charge is 0.338 e. The molecule has 0 bridgehead atoms. The molecular formula is C27H23ClN2O4S. The fraction of sp³-hybridized carbons (Fsp3) is 0.185. The predicted molar refractivity (Wildman–Crippen MR) is 139 cm³/mol. The molecule has 2 heterocycles. The molecular weight excluding hydrogens is 484 g/mol. The number of fused-ring (bicyclic) bond motifs is 2. The van der Waals surface area contributed by atoms with Crippen molar-refractivity contribution in [2.75, 3.05) is 18.6 Å². The van der Waals surface area contributed by atoms with Crippen LogP contribution in [0.4, 0.5) is 5.69 Å². The third-order valence-electron chi connectivity index (χ3n) is 6.34. The largest absolute Gasteiger partial charge is 0.481 e. The van der Waals surface area contributed by atoms with E-state index in [4.69, 9.17) is 22.1 Å². The van der Waals surface area contributed by atoms with Crippen molar-refractivity contribution in [3.8, 4) is 11.1 Å². The highest BCUT2D eigenvalue weighted by Crippen LogP contribution is 2.42. The average molecular weight is 507 g/mol. The van der Waals surface area contributed by atoms with E-state index in [2.05, 4.69) is 10.6 Å². The minimum absolute atomic E-state index is 0.0730. The third-order valence-corrected chi connectivity index (χ3v) is 7.82. The van der Waals surface area contributed by atoms with Gasteiger partial charge >= 0.3 is 11.9 Å². The Kier molecular flexibility index (Phi) is 6.21. The van der Waals surface area contributed by atoms with E-state index in [9.17, 15) is 14.7 Å². The van der Waals surface area contributed by atoms with Crippen molar-refractivity contribution in [3.05, 3.63) is 82.5 Å². The van der Waals surface area contributed by atoms with Gasteiger partial charge in [-0.25, -0.2) is 4.79 Å². The van der Waals surface area contributed by atoms with Gasteiger partial charge in [-0.1, -0.05) is 23.7 Å². The topological polar surface area (TPSA) is 94.6 Å². The highest BCUT2D eigenvalue weighted by Gasteiger charge is 2.25. The number of hydrogen-bond donors (Lipinski definition) is 2. The zero-order valence-corrected chi connectivity index (χ0v) is 20.5. The Morgan fingerprint density at radius 2 is 2.00 bits per heavy atom. The van der Waals surface area contributed by atoms with Crippen LogP contribution in [0.5, 0.6) is 0 Å². The maximum Gasteiger partial charge on any atom is 0.338 e. The van der Waals surface area contributed by atoms with E-state index in [1.54, 1.807) is 30.0 Å². The van der Waals surface area contributed by atoms with Crippen LogP contribution in [-0.2, 0) is 22.5 Å². The van der Waals surface area contributed by atoms with Crippen molar-refractivity contribution in [2.45, 2.75) is 23.8 Å². The molecule has 0 radical (unpaired) electrons. The van der Waals surface area contributed by atoms with Crippen LogP contribution in [-0.4, -0.2) is 34.5 Å². The molecule has 0 spiro atoms. The standard InChI is InChI=1S/C27H23ClN2O4S/c1-34-27(33)21-6-4-19(29)11-22(21)15-2-5-20-16(9-26(31)32)12-30(24(20)8-15)13-17-14-35-25-7-3-18(28)10-23(17)25/h2-8,10-12,17H,9,13-14,29H2,1H3,(H,31,32). The van der Waals surface area contributed by atoms with Crippen LogP contribution < -0.4 is 5.73 Å². The zero-order valence-electron chi connectivity index (χ0n) is 19.0. The Bertz CT molecular complexity index is 1480. The monoisotopic (exact) mass is 506 g/mol. The first-order valence-electron chi connectivity index (χ1n) is 11.1. The summed E-state index contributed by atoms with van der Waals surface area (Å²) in [5.41, 5.74) is 11.3. The lowest BCUT2D eigenvalue weighted by atomic mass is 9.97. The first-order valence-corrected chi connectivity index (χ1v) is 12.4. The summed E-state index contributed by atoms with van der Waals surface area (Å²) in [6, 6.07) is 16.9. The molecule has 0 fully saturated rings. The van der Waals surface area contributed by atoms with E-state index >= 15 is 0 Å². The Morgan fingerprint density at radius 1 is 1.17 bits per heavy atom. The molecule has 0 saturated heterocycles. The Hall–Kier alpha value is -3.42. The van der Waals surface area contributed by atoms with Crippen molar-refractivity contribution >= 4 is 51.9 Å². The van der Waals surface area contributed by atoms with Crippen LogP contribution in [0.2, 0.25) is 5.02 Å². The van der Waals surface area contributed by atoms with Gasteiger partial charge in [0, 0.05) is 50.9 Å². The lowest BCUT2D eigenvalue weighted by Crippen LogP contribution is -2.08. The van der Waals surface area contributed by atoms with E-state index in [1.807, 2.05) is 36.5 Å². The van der Waals surface area contributed by atoms with Gasteiger partial charge in [0.15, 0.2) is 0 Å². The number of thioether (sulfide) groups is 1. The molecule has 1 aliphatic heterocycles. The number of carboxylic acid groups (broad SMARTS) is 1. The molecule has 1 aromatic heterocycles. The van der Waals surface area contributed by atoms with Gasteiger partial charge in [-0.2, -0.15) is 0 Å². The maximum absolute atomic E-state index is 12.4. The third kappa shape index (κ3) is 4.49. The number of methoxy groups -OCH3 is 1. The first kappa shape index (κ1) is 23.3. The number of aliphatic carboxylic acids is 1. The maximum atomic E-state index is 12.4. The van der Waals surface area contributed by atoms with Gasteiger partial charge < -0.3 is 20.1 Å². The average Bonchev–Trinajstić information content (AvgIpc) is 3.38. The van der Waals surface area contributed by atoms with Gasteiger partial charge in [-0.05, 0) is 64.7 Å². The summed E-state index contributed by atoms with van der Waals surface area (Å²) >= 11 is 8.08. The molecule has 0 aliphatic carbocycles. The Balaban J connectivity index is 1.62. The van der Waals surface area contributed by atoms with Gasteiger partial charge in [0.25, 0.3) is 0 Å². The molecule has 178 valence electrons. The molecule has 1 unspecified atom stereocenters. The number of carbonyl (C=O) groups excluding carboxylic acids is 1. The second-order valence-electron chi connectivity index (χ2n) is 8.60. The van der Waals surface area contributed by atoms with Gasteiger partial charge in [0.1, 0.15) is 0 Å². The lowest BCUT2D eigenvalue weighted by Gasteiger charge is -2.15. The summed E-state index contributed by atoms with van der Waals surface area (Å²) in [6.07, 6.45) is 1.85. The second-order valence-corrected chi connectivity index (χ2v) is 10.1. The highest BCUT2D eigenvalue weighted by molar-refractivity contribution is 7.99. The van der Waals surface area contributed by atoms with E-state index in [0.29, 0.717) is 28.4 Å². The van der Waals surface area contributed by atoms with Crippen molar-refractivity contribution in [3.63, 3.8) is 0 Å². The number of hydrogen-bond acceptors (Lipinski definition) is 5. The van der Waals surface area contributed by atoms with E-state index in [-0.39, 0.29) is 12.3 Å². The Morgan fingerprint density at radius 3 is 2.77 bits per heavy atom. The number of benzene rings is 3. The van der Waals surface area contributed by atoms with Crippen LogP contribution in [0.15, 0.2) is 65.7 Å². The summed E-state index contributed by atoms with van der Waals surface area (Å²) in [5.74, 6) is -0.169. The van der Waals surface area contributed by atoms with Crippen LogP contribution in [0.3, 0.4) is 0 Å². The van der Waals surface area contributed by atoms with Gasteiger partial charge in [0.2, 0.25) is 0 Å². The number of carboxylic acids is 1. The Labute approximate surface area is 211 Å². The fourth-order valence-electron chi connectivity index (χ4n) is 4.72. The van der Waals surface area contributed by atoms with Crippen molar-refractivity contribution < 1.29 is 19.4 Å². The quantitative estimate of drug-likeness (QED) is 0.252. The van der Waals surface area contributed by atoms with Crippen LogP contribution in [0.25, 0.3) is 22.0 Å². The summed E-state index contributed by atoms with van der Waals surface area (Å²) in [7, 11) is 1.35. The molecule has 0 saturated carbocycles. The number of esters is 1. The number of nitrogens with zero attached hydrogens (tertiary/aromatic N) is 1. The molecule has 1 atom stereocenters. The minimum Gasteiger partial charge on any atom is -0.481 e. The van der Waals surface area contributed by atoms with Gasteiger partial charge in [-0.15, -0.1) is 11.8 Å². The molecule has 3 aromatic carbocycles. The molecule has 6 nitrogen and oxygen atoms in total. The van der Waals surface area contributed by atoms with Gasteiger partial charge in [-0.3, -0.25) is 4.79 Å². The molecule has 5 rings (SSSR count). The van der Waals surface area contributed by atoms with Crippen molar-refractivity contribution in [1.82, 2.24) is 4.57 Å². The number of nitrogens with two attached hydrogens (primary N) is 1. The number of nitrogen functional groups attached to an aromatic ring is 1. The number of halogens is 1. The molecule has 8 heteroatoms. The highest BCUT2D eigenvalue weighted by atomic mass is 35.5.